The minimum absolute atomic E-state index is 0.0232. The van der Waals surface area contributed by atoms with E-state index in [0.29, 0.717) is 0 Å². The molecule has 1 heterocycles. The van der Waals surface area contributed by atoms with Crippen LogP contribution < -0.4 is 5.32 Å². The van der Waals surface area contributed by atoms with E-state index in [9.17, 15) is 19.2 Å². The highest BCUT2D eigenvalue weighted by Crippen LogP contribution is 2.12. The Bertz CT molecular complexity index is 1010. The van der Waals surface area contributed by atoms with Gasteiger partial charge in [-0.15, -0.1) is 0 Å². The highest BCUT2D eigenvalue weighted by Gasteiger charge is 2.25. The SMILES string of the molecule is CC(=O)OCC(=O)C(CC(=O)O)NC(=O)OCc1ccccc1.c1ccc2occc2c1. The number of rotatable bonds is 8. The maximum absolute atomic E-state index is 11.8. The maximum atomic E-state index is 11.8. The van der Waals surface area contributed by atoms with Crippen molar-refractivity contribution in [2.24, 2.45) is 0 Å². The van der Waals surface area contributed by atoms with Crippen molar-refractivity contribution in [3.63, 3.8) is 0 Å². The van der Waals surface area contributed by atoms with Crippen LogP contribution in [0.25, 0.3) is 11.0 Å². The lowest BCUT2D eigenvalue weighted by Crippen LogP contribution is -2.44. The lowest BCUT2D eigenvalue weighted by molar-refractivity contribution is -0.147. The summed E-state index contributed by atoms with van der Waals surface area (Å²) in [6, 6.07) is 17.4. The van der Waals surface area contributed by atoms with Crippen LogP contribution in [0.3, 0.4) is 0 Å². The first-order valence-corrected chi connectivity index (χ1v) is 9.62. The van der Waals surface area contributed by atoms with Gasteiger partial charge in [-0.25, -0.2) is 4.79 Å². The number of esters is 1. The normalized spacial score (nSPS) is 10.9. The van der Waals surface area contributed by atoms with Crippen molar-refractivity contribution < 1.29 is 38.2 Å². The topological polar surface area (TPSA) is 132 Å². The number of ketones is 1. The second-order valence-electron chi connectivity index (χ2n) is 6.56. The molecule has 0 saturated heterocycles. The molecule has 0 aliphatic carbocycles. The van der Waals surface area contributed by atoms with Crippen molar-refractivity contribution in [2.75, 3.05) is 6.61 Å². The summed E-state index contributed by atoms with van der Waals surface area (Å²) in [4.78, 5) is 44.9. The number of carboxylic acids is 1. The molecule has 0 spiro atoms. The summed E-state index contributed by atoms with van der Waals surface area (Å²) in [6.45, 7) is 0.470. The van der Waals surface area contributed by atoms with Crippen LogP contribution in [0.1, 0.15) is 18.9 Å². The first-order chi connectivity index (χ1) is 15.3. The summed E-state index contributed by atoms with van der Waals surface area (Å²) in [5.74, 6) is -2.70. The molecule has 0 bridgehead atoms. The van der Waals surface area contributed by atoms with E-state index in [1.807, 2.05) is 30.3 Å². The molecule has 1 aromatic heterocycles. The Labute approximate surface area is 183 Å². The van der Waals surface area contributed by atoms with Crippen molar-refractivity contribution in [2.45, 2.75) is 26.0 Å². The Balaban J connectivity index is 0.000000329. The average molecular weight is 441 g/mol. The first kappa shape index (κ1) is 24.1. The quantitative estimate of drug-likeness (QED) is 0.509. The van der Waals surface area contributed by atoms with E-state index in [2.05, 4.69) is 10.1 Å². The van der Waals surface area contributed by atoms with Crippen molar-refractivity contribution in [1.82, 2.24) is 5.32 Å². The minimum atomic E-state index is -1.34. The summed E-state index contributed by atoms with van der Waals surface area (Å²) >= 11 is 0. The van der Waals surface area contributed by atoms with Crippen LogP contribution in [0.15, 0.2) is 71.3 Å². The number of nitrogens with one attached hydrogen (secondary N) is 1. The number of aliphatic carboxylic acids is 1. The molecule has 0 aliphatic heterocycles. The molecule has 0 saturated carbocycles. The molecule has 0 radical (unpaired) electrons. The zero-order valence-corrected chi connectivity index (χ0v) is 17.4. The second-order valence-corrected chi connectivity index (χ2v) is 6.56. The minimum Gasteiger partial charge on any atom is -0.481 e. The van der Waals surface area contributed by atoms with Gasteiger partial charge in [0.15, 0.2) is 12.4 Å². The zero-order chi connectivity index (χ0) is 23.3. The number of alkyl carbamates (subject to hydrolysis) is 1. The van der Waals surface area contributed by atoms with E-state index >= 15 is 0 Å². The van der Waals surface area contributed by atoms with Gasteiger partial charge >= 0.3 is 18.0 Å². The van der Waals surface area contributed by atoms with Gasteiger partial charge in [0.25, 0.3) is 0 Å². The predicted octanol–water partition coefficient (Wildman–Crippen LogP) is 3.32. The Hall–Kier alpha value is -4.14. The third-order valence-corrected chi connectivity index (χ3v) is 4.05. The maximum Gasteiger partial charge on any atom is 0.408 e. The monoisotopic (exact) mass is 441 g/mol. The number of hydrogen-bond acceptors (Lipinski definition) is 7. The fourth-order valence-electron chi connectivity index (χ4n) is 2.51. The molecule has 3 aromatic rings. The molecule has 9 heteroatoms. The third kappa shape index (κ3) is 8.70. The molecule has 0 aliphatic rings. The largest absolute Gasteiger partial charge is 0.481 e. The van der Waals surface area contributed by atoms with Crippen LogP contribution in [0, 0.1) is 0 Å². The molecule has 1 atom stereocenters. The lowest BCUT2D eigenvalue weighted by atomic mass is 10.1. The first-order valence-electron chi connectivity index (χ1n) is 9.62. The van der Waals surface area contributed by atoms with E-state index in [-0.39, 0.29) is 6.61 Å². The standard InChI is InChI=1S/C15H17NO7.C8H6O/c1-10(17)22-9-13(18)12(7-14(19)20)16-15(21)23-8-11-5-3-2-4-6-11;1-2-4-8-7(3-1)5-6-9-8/h2-6,12H,7-9H2,1H3,(H,16,21)(H,19,20);1-6H. The molecule has 32 heavy (non-hydrogen) atoms. The molecule has 9 nitrogen and oxygen atoms in total. The van der Waals surface area contributed by atoms with Crippen molar-refractivity contribution >= 4 is 34.8 Å². The van der Waals surface area contributed by atoms with Crippen LogP contribution in [0.4, 0.5) is 4.79 Å². The van der Waals surface area contributed by atoms with Crippen LogP contribution in [0.5, 0.6) is 0 Å². The molecular weight excluding hydrogens is 418 g/mol. The predicted molar refractivity (Wildman–Crippen MR) is 114 cm³/mol. The van der Waals surface area contributed by atoms with E-state index in [1.165, 1.54) is 0 Å². The fourth-order valence-corrected chi connectivity index (χ4v) is 2.51. The number of carbonyl (C=O) groups is 4. The smallest absolute Gasteiger partial charge is 0.408 e. The van der Waals surface area contributed by atoms with Crippen LogP contribution >= 0.6 is 0 Å². The Morgan fingerprint density at radius 3 is 2.31 bits per heavy atom. The van der Waals surface area contributed by atoms with Gasteiger partial charge in [-0.3, -0.25) is 14.4 Å². The third-order valence-electron chi connectivity index (χ3n) is 4.05. The number of carbonyl (C=O) groups excluding carboxylic acids is 3. The fraction of sp³-hybridized carbons (Fsp3) is 0.217. The molecule has 2 aromatic carbocycles. The van der Waals surface area contributed by atoms with Gasteiger partial charge in [-0.2, -0.15) is 0 Å². The number of para-hydroxylation sites is 1. The molecule has 0 fully saturated rings. The van der Waals surface area contributed by atoms with Gasteiger partial charge < -0.3 is 24.3 Å². The number of ether oxygens (including phenoxy) is 2. The van der Waals surface area contributed by atoms with Crippen molar-refractivity contribution in [3.05, 3.63) is 72.5 Å². The average Bonchev–Trinajstić information content (AvgIpc) is 3.25. The van der Waals surface area contributed by atoms with Gasteiger partial charge in [-0.05, 0) is 17.7 Å². The molecule has 168 valence electrons. The summed E-state index contributed by atoms with van der Waals surface area (Å²) < 4.78 is 14.5. The number of furan rings is 1. The van der Waals surface area contributed by atoms with Gasteiger partial charge in [-0.1, -0.05) is 48.5 Å². The number of benzene rings is 2. The summed E-state index contributed by atoms with van der Waals surface area (Å²) in [7, 11) is 0. The van der Waals surface area contributed by atoms with Crippen LogP contribution in [-0.2, 0) is 30.5 Å². The summed E-state index contributed by atoms with van der Waals surface area (Å²) in [5, 5.41) is 12.1. The Kier molecular flexibility index (Phi) is 9.45. The van der Waals surface area contributed by atoms with E-state index in [0.717, 1.165) is 23.5 Å². The Morgan fingerprint density at radius 1 is 0.969 bits per heavy atom. The van der Waals surface area contributed by atoms with Gasteiger partial charge in [0, 0.05) is 12.3 Å². The number of hydrogen-bond donors (Lipinski definition) is 2. The van der Waals surface area contributed by atoms with Crippen LogP contribution in [-0.4, -0.2) is 41.6 Å². The lowest BCUT2D eigenvalue weighted by Gasteiger charge is -2.15. The van der Waals surface area contributed by atoms with Gasteiger partial charge in [0.1, 0.15) is 18.2 Å². The van der Waals surface area contributed by atoms with E-state index < -0.39 is 42.9 Å². The summed E-state index contributed by atoms with van der Waals surface area (Å²) in [5.41, 5.74) is 1.70. The number of Topliss-reactive ketones (excluding diaryl/α,β-unsaturated/α-hetero) is 1. The highest BCUT2D eigenvalue weighted by molar-refractivity contribution is 5.92. The second kappa shape index (κ2) is 12.5. The molecule has 1 unspecified atom stereocenters. The van der Waals surface area contributed by atoms with Crippen molar-refractivity contribution in [1.29, 1.82) is 0 Å². The van der Waals surface area contributed by atoms with Gasteiger partial charge in [0.2, 0.25) is 0 Å². The molecule has 1 amide bonds. The molecule has 2 N–H and O–H groups in total. The van der Waals surface area contributed by atoms with Crippen LogP contribution in [0.2, 0.25) is 0 Å². The summed E-state index contributed by atoms with van der Waals surface area (Å²) in [6.07, 6.45) is 0.127. The van der Waals surface area contributed by atoms with Gasteiger partial charge in [0.05, 0.1) is 12.7 Å². The molecule has 3 rings (SSSR count). The molecular formula is C23H23NO8. The van der Waals surface area contributed by atoms with E-state index in [4.69, 9.17) is 14.3 Å². The number of amides is 1. The number of carboxylic acid groups (broad SMARTS) is 1. The Morgan fingerprint density at radius 2 is 1.66 bits per heavy atom. The zero-order valence-electron chi connectivity index (χ0n) is 17.4. The highest BCUT2D eigenvalue weighted by atomic mass is 16.5. The van der Waals surface area contributed by atoms with Crippen molar-refractivity contribution in [3.8, 4) is 0 Å². The number of fused-ring (bicyclic) bond motifs is 1. The van der Waals surface area contributed by atoms with E-state index in [1.54, 1.807) is 36.6 Å².